The van der Waals surface area contributed by atoms with E-state index >= 15 is 0 Å². The van der Waals surface area contributed by atoms with E-state index in [9.17, 15) is 45.3 Å². The second kappa shape index (κ2) is 17.4. The van der Waals surface area contributed by atoms with E-state index in [1.54, 1.807) is 0 Å². The topological polar surface area (TPSA) is 261 Å². The zero-order chi connectivity index (χ0) is 44.7. The standard InChI is InChI=1S/C45H70O17/c1-21-33-29(62-45(21)13-8-23(20-57-45)19-56-32(49)17-42(3,55)16-31(47)48)15-28-26-7-6-24-14-25(9-11-43(24,4)27(26)10-12-44(28,33)5)59-41-39(37(53)35(51)30(18-46)60-41)61-40-38(54)36(52)34(50)22(2)58-40/h6,21-23,25-30,33-41,46,50-55H,7-20H2,1-5H3,(H,47,48)/t21-,22-,23+,25-,26+,27-,28-,29-,30+,33-,34-,35+,36+,37-,38+,39+,40-,41+,42-,43-,44-,45+/m0/s1. The number of hydrogen-bond acceptors (Lipinski definition) is 16. The number of aliphatic hydroxyl groups is 7. The predicted molar refractivity (Wildman–Crippen MR) is 214 cm³/mol. The van der Waals surface area contributed by atoms with Gasteiger partial charge in [0.1, 0.15) is 42.7 Å². The van der Waals surface area contributed by atoms with Crippen molar-refractivity contribution in [3.8, 4) is 0 Å². The molecule has 4 aliphatic heterocycles. The van der Waals surface area contributed by atoms with Crippen LogP contribution in [0.2, 0.25) is 0 Å². The Morgan fingerprint density at radius 2 is 1.65 bits per heavy atom. The Morgan fingerprint density at radius 1 is 0.887 bits per heavy atom. The molecule has 22 atom stereocenters. The van der Waals surface area contributed by atoms with E-state index in [4.69, 9.17) is 38.3 Å². The van der Waals surface area contributed by atoms with Crippen LogP contribution in [0.3, 0.4) is 0 Å². The molecule has 8 aliphatic rings. The number of rotatable bonds is 11. The first-order valence-electron chi connectivity index (χ1n) is 22.9. The van der Waals surface area contributed by atoms with Crippen LogP contribution in [0, 0.1) is 46.3 Å². The van der Waals surface area contributed by atoms with E-state index in [1.807, 2.05) is 0 Å². The van der Waals surface area contributed by atoms with Crippen molar-refractivity contribution in [1.29, 1.82) is 0 Å². The Kier molecular flexibility index (Phi) is 13.1. The lowest BCUT2D eigenvalue weighted by molar-refractivity contribution is -0.369. The van der Waals surface area contributed by atoms with E-state index in [1.165, 1.54) is 19.4 Å². The third-order valence-corrected chi connectivity index (χ3v) is 17.0. The number of aliphatic carboxylic acids is 1. The van der Waals surface area contributed by atoms with E-state index in [2.05, 4.69) is 26.8 Å². The number of carbonyl (C=O) groups excluding carboxylic acids is 1. The summed E-state index contributed by atoms with van der Waals surface area (Å²) in [5.74, 6) is -0.514. The number of carboxylic acid groups (broad SMARTS) is 1. The van der Waals surface area contributed by atoms with Crippen LogP contribution in [0.5, 0.6) is 0 Å². The lowest BCUT2D eigenvalue weighted by Gasteiger charge is -2.58. The number of carboxylic acids is 1. The van der Waals surface area contributed by atoms with Crippen molar-refractivity contribution in [1.82, 2.24) is 0 Å². The zero-order valence-corrected chi connectivity index (χ0v) is 36.6. The van der Waals surface area contributed by atoms with E-state index in [0.717, 1.165) is 38.5 Å². The minimum Gasteiger partial charge on any atom is -0.481 e. The highest BCUT2D eigenvalue weighted by Crippen LogP contribution is 2.70. The number of allylic oxidation sites excluding steroid dienone is 1. The van der Waals surface area contributed by atoms with Gasteiger partial charge in [0.05, 0.1) is 56.6 Å². The highest BCUT2D eigenvalue weighted by Gasteiger charge is 2.69. The fraction of sp³-hybridized carbons (Fsp3) is 0.911. The summed E-state index contributed by atoms with van der Waals surface area (Å²) >= 11 is 0. The Balaban J connectivity index is 0.886. The maximum Gasteiger partial charge on any atom is 0.308 e. The predicted octanol–water partition coefficient (Wildman–Crippen LogP) is 1.53. The van der Waals surface area contributed by atoms with Crippen molar-refractivity contribution in [2.24, 2.45) is 46.3 Å². The molecular formula is C45H70O17. The monoisotopic (exact) mass is 882 g/mol. The summed E-state index contributed by atoms with van der Waals surface area (Å²) in [5.41, 5.74) is -0.286. The Labute approximate surface area is 363 Å². The van der Waals surface area contributed by atoms with Crippen LogP contribution in [-0.2, 0) is 42.7 Å². The van der Waals surface area contributed by atoms with Gasteiger partial charge in [-0.2, -0.15) is 0 Å². The molecule has 3 saturated carbocycles. The molecule has 17 nitrogen and oxygen atoms in total. The smallest absolute Gasteiger partial charge is 0.308 e. The van der Waals surface area contributed by atoms with Crippen LogP contribution in [0.15, 0.2) is 11.6 Å². The molecule has 0 bridgehead atoms. The summed E-state index contributed by atoms with van der Waals surface area (Å²) < 4.78 is 43.2. The molecule has 4 aliphatic carbocycles. The minimum atomic E-state index is -1.68. The lowest BCUT2D eigenvalue weighted by Crippen LogP contribution is -2.64. The average Bonchev–Trinajstić information content (AvgIpc) is 3.66. The number of carbonyl (C=O) groups is 2. The van der Waals surface area contributed by atoms with Gasteiger partial charge in [-0.3, -0.25) is 9.59 Å². The molecule has 0 aromatic carbocycles. The molecule has 17 heteroatoms. The highest BCUT2D eigenvalue weighted by atomic mass is 16.8. The molecule has 352 valence electrons. The van der Waals surface area contributed by atoms with Crippen LogP contribution >= 0.6 is 0 Å². The van der Waals surface area contributed by atoms with Gasteiger partial charge in [0.25, 0.3) is 0 Å². The van der Waals surface area contributed by atoms with Crippen molar-refractivity contribution in [2.45, 2.75) is 190 Å². The van der Waals surface area contributed by atoms with Crippen LogP contribution < -0.4 is 0 Å². The van der Waals surface area contributed by atoms with Gasteiger partial charge in [-0.1, -0.05) is 32.4 Å². The summed E-state index contributed by atoms with van der Waals surface area (Å²) in [4.78, 5) is 23.4. The molecule has 4 heterocycles. The van der Waals surface area contributed by atoms with Crippen molar-refractivity contribution >= 4 is 11.9 Å². The van der Waals surface area contributed by atoms with Crippen molar-refractivity contribution in [3.63, 3.8) is 0 Å². The summed E-state index contributed by atoms with van der Waals surface area (Å²) in [6, 6.07) is 0. The molecule has 0 aromatic heterocycles. The quantitative estimate of drug-likeness (QED) is 0.108. The Morgan fingerprint density at radius 3 is 2.34 bits per heavy atom. The fourth-order valence-corrected chi connectivity index (χ4v) is 13.6. The molecule has 0 aromatic rings. The molecule has 0 amide bonds. The summed E-state index contributed by atoms with van der Waals surface area (Å²) in [7, 11) is 0. The van der Waals surface area contributed by atoms with Crippen molar-refractivity contribution in [2.75, 3.05) is 19.8 Å². The van der Waals surface area contributed by atoms with Gasteiger partial charge in [0, 0.05) is 18.3 Å². The number of aliphatic hydroxyl groups excluding tert-OH is 6. The van der Waals surface area contributed by atoms with Gasteiger partial charge in [-0.15, -0.1) is 0 Å². The van der Waals surface area contributed by atoms with Gasteiger partial charge in [0.15, 0.2) is 18.4 Å². The van der Waals surface area contributed by atoms with Crippen LogP contribution in [-0.4, -0.2) is 158 Å². The van der Waals surface area contributed by atoms with Gasteiger partial charge >= 0.3 is 11.9 Å². The van der Waals surface area contributed by atoms with Crippen molar-refractivity contribution < 1.29 is 83.6 Å². The fourth-order valence-electron chi connectivity index (χ4n) is 13.6. The molecule has 8 N–H and O–H groups in total. The summed E-state index contributed by atoms with van der Waals surface area (Å²) in [6.45, 7) is 9.95. The van der Waals surface area contributed by atoms with Gasteiger partial charge in [0.2, 0.25) is 0 Å². The number of fused-ring (bicyclic) bond motifs is 7. The second-order valence-electron chi connectivity index (χ2n) is 21.0. The first kappa shape index (κ1) is 46.7. The second-order valence-corrected chi connectivity index (χ2v) is 21.0. The molecule has 0 unspecified atom stereocenters. The number of esters is 1. The molecule has 4 saturated heterocycles. The summed E-state index contributed by atoms with van der Waals surface area (Å²) in [6.07, 6.45) is -4.66. The van der Waals surface area contributed by atoms with Crippen LogP contribution in [0.1, 0.15) is 105 Å². The van der Waals surface area contributed by atoms with E-state index in [0.29, 0.717) is 49.5 Å². The maximum absolute atomic E-state index is 12.4. The molecular weight excluding hydrogens is 812 g/mol. The van der Waals surface area contributed by atoms with Gasteiger partial charge < -0.3 is 74.0 Å². The molecule has 0 radical (unpaired) electrons. The molecule has 62 heavy (non-hydrogen) atoms. The number of hydrogen-bond donors (Lipinski definition) is 8. The van der Waals surface area contributed by atoms with E-state index < -0.39 is 104 Å². The lowest BCUT2D eigenvalue weighted by atomic mass is 9.47. The Hall–Kier alpha value is -1.84. The normalized spacial score (nSPS) is 51.0. The van der Waals surface area contributed by atoms with Crippen LogP contribution in [0.25, 0.3) is 0 Å². The van der Waals surface area contributed by atoms with Crippen LogP contribution in [0.4, 0.5) is 0 Å². The molecule has 7 fully saturated rings. The zero-order valence-electron chi connectivity index (χ0n) is 36.6. The highest BCUT2D eigenvalue weighted by molar-refractivity contribution is 5.73. The SMILES string of the molecule is C[C@@H]1O[C@@H](O[C@H]2[C@H](O[C@H]3CC[C@@]4(C)C(=CC[C@H]5[C@@H]6C[C@@H]7O[C@]8(CC[C@H](COC(=O)C[C@@](C)(O)CC(=O)O)CO8)[C@@H](C)[C@@H]7[C@@]6(C)CC[C@@H]54)C3)O[C@H](CO)[C@@H](O)[C@@H]2O)[C@H](O)[C@H](O)[C@H]1O. The molecule has 1 spiro atoms. The van der Waals surface area contributed by atoms with Gasteiger partial charge in [-0.05, 0) is 99.7 Å². The largest absolute Gasteiger partial charge is 0.481 e. The first-order valence-corrected chi connectivity index (χ1v) is 22.9. The third-order valence-electron chi connectivity index (χ3n) is 17.0. The molecule has 8 rings (SSSR count). The number of ether oxygens (including phenoxy) is 7. The maximum atomic E-state index is 12.4. The average molecular weight is 883 g/mol. The third kappa shape index (κ3) is 8.32. The van der Waals surface area contributed by atoms with E-state index in [-0.39, 0.29) is 41.5 Å². The van der Waals surface area contributed by atoms with Gasteiger partial charge in [-0.25, -0.2) is 0 Å². The van der Waals surface area contributed by atoms with Crippen molar-refractivity contribution in [3.05, 3.63) is 11.6 Å². The first-order chi connectivity index (χ1) is 29.2. The summed E-state index contributed by atoms with van der Waals surface area (Å²) in [5, 5.41) is 82.4. The minimum absolute atomic E-state index is 0.0182. The Bertz CT molecular complexity index is 1670.